The lowest BCUT2D eigenvalue weighted by Gasteiger charge is -2.45. The summed E-state index contributed by atoms with van der Waals surface area (Å²) in [7, 11) is 1.50. The number of hydrogen-bond acceptors (Lipinski definition) is 5. The van der Waals surface area contributed by atoms with Crippen molar-refractivity contribution in [1.29, 1.82) is 0 Å². The Morgan fingerprint density at radius 2 is 1.65 bits per heavy atom. The van der Waals surface area contributed by atoms with Gasteiger partial charge >= 0.3 is 12.0 Å². The zero-order chi connectivity index (χ0) is 29.3. The molecular formula is C30H40F2N2O6. The van der Waals surface area contributed by atoms with E-state index in [1.807, 2.05) is 63.2 Å². The van der Waals surface area contributed by atoms with E-state index in [1.165, 1.54) is 12.0 Å². The number of alkyl halides is 2. The second-order valence-electron chi connectivity index (χ2n) is 10.1. The fourth-order valence-corrected chi connectivity index (χ4v) is 5.07. The molecule has 1 saturated carbocycles. The predicted octanol–water partition coefficient (Wildman–Crippen LogP) is 5.77. The lowest BCUT2D eigenvalue weighted by atomic mass is 9.73. The number of benzene rings is 2. The number of ether oxygens (including phenoxy) is 3. The molecule has 1 aliphatic rings. The van der Waals surface area contributed by atoms with Gasteiger partial charge in [0.15, 0.2) is 5.54 Å². The quantitative estimate of drug-likeness (QED) is 0.268. The van der Waals surface area contributed by atoms with Crippen molar-refractivity contribution in [2.75, 3.05) is 33.5 Å². The van der Waals surface area contributed by atoms with Crippen molar-refractivity contribution < 1.29 is 37.7 Å². The molecule has 220 valence electrons. The molecule has 0 saturated heterocycles. The van der Waals surface area contributed by atoms with Crippen molar-refractivity contribution in [2.45, 2.75) is 70.4 Å². The molecule has 10 heteroatoms. The number of halogens is 2. The van der Waals surface area contributed by atoms with Crippen LogP contribution in [0.2, 0.25) is 0 Å². The summed E-state index contributed by atoms with van der Waals surface area (Å²) in [6.45, 7) is 6.79. The molecule has 3 rings (SSSR count). The number of carboxylic acids is 1. The summed E-state index contributed by atoms with van der Waals surface area (Å²) >= 11 is 0. The molecule has 0 aromatic heterocycles. The van der Waals surface area contributed by atoms with E-state index >= 15 is 0 Å². The highest BCUT2D eigenvalue weighted by molar-refractivity contribution is 5.88. The summed E-state index contributed by atoms with van der Waals surface area (Å²) in [5, 5.41) is 12.2. The van der Waals surface area contributed by atoms with Crippen LogP contribution in [0.15, 0.2) is 42.5 Å². The van der Waals surface area contributed by atoms with E-state index in [2.05, 4.69) is 5.32 Å². The van der Waals surface area contributed by atoms with E-state index < -0.39 is 42.3 Å². The molecule has 1 unspecified atom stereocenters. The number of methoxy groups -OCH3 is 1. The molecule has 1 atom stereocenters. The highest BCUT2D eigenvalue weighted by Crippen LogP contribution is 2.46. The molecular weight excluding hydrogens is 522 g/mol. The van der Waals surface area contributed by atoms with E-state index in [4.69, 9.17) is 14.2 Å². The summed E-state index contributed by atoms with van der Waals surface area (Å²) in [6, 6.07) is 12.2. The number of nitrogens with zero attached hydrogens (tertiary/aromatic N) is 1. The standard InChI is InChI=1S/C30H40F2N2O6/c1-5-39-25-16-23(17-26(21(25)3)40-6-2)24(18-38-4)34(15-11-10-14-22-12-8-7-9-13-22)28(37)33-29(27(35)36)19-30(31,32)20-29/h7-9,12-13,16-17,24H,5-6,10-11,14-15,18-20H2,1-4H3,(H,33,37)(H,35,36). The average Bonchev–Trinajstić information content (AvgIpc) is 2.89. The molecule has 0 spiro atoms. The van der Waals surface area contributed by atoms with Crippen LogP contribution in [0, 0.1) is 6.92 Å². The first kappa shape index (κ1) is 31.1. The second kappa shape index (κ2) is 13.8. The van der Waals surface area contributed by atoms with Crippen molar-refractivity contribution in [2.24, 2.45) is 0 Å². The summed E-state index contributed by atoms with van der Waals surface area (Å²) in [6.07, 6.45) is 0.250. The maximum Gasteiger partial charge on any atom is 0.329 e. The molecule has 0 bridgehead atoms. The molecule has 0 heterocycles. The van der Waals surface area contributed by atoms with Gasteiger partial charge in [-0.1, -0.05) is 30.3 Å². The zero-order valence-corrected chi connectivity index (χ0v) is 23.7. The van der Waals surface area contributed by atoms with Gasteiger partial charge in [0, 0.05) is 32.1 Å². The van der Waals surface area contributed by atoms with Crippen molar-refractivity contribution in [1.82, 2.24) is 10.2 Å². The third-order valence-corrected chi connectivity index (χ3v) is 7.11. The Hall–Kier alpha value is -3.40. The van der Waals surface area contributed by atoms with Crippen LogP contribution in [-0.2, 0) is 16.0 Å². The SMILES string of the molecule is CCOc1cc(C(COC)N(CCCCc2ccccc2)C(=O)NC2(C(=O)O)CC(F)(F)C2)cc(OCC)c1C. The Morgan fingerprint density at radius 3 is 2.15 bits per heavy atom. The number of nitrogens with one attached hydrogen (secondary N) is 1. The molecule has 2 amide bonds. The van der Waals surface area contributed by atoms with Crippen molar-refractivity contribution in [3.05, 3.63) is 59.2 Å². The first-order valence-electron chi connectivity index (χ1n) is 13.7. The Kier molecular flexibility index (Phi) is 10.7. The Morgan fingerprint density at radius 1 is 1.05 bits per heavy atom. The van der Waals surface area contributed by atoms with Crippen LogP contribution in [0.5, 0.6) is 11.5 Å². The fourth-order valence-electron chi connectivity index (χ4n) is 5.07. The van der Waals surface area contributed by atoms with Gasteiger partial charge in [0.1, 0.15) is 11.5 Å². The molecule has 1 aliphatic carbocycles. The third-order valence-electron chi connectivity index (χ3n) is 7.11. The third kappa shape index (κ3) is 7.62. The van der Waals surface area contributed by atoms with Crippen LogP contribution < -0.4 is 14.8 Å². The minimum absolute atomic E-state index is 0.0858. The maximum atomic E-state index is 13.8. The smallest absolute Gasteiger partial charge is 0.329 e. The van der Waals surface area contributed by atoms with Crippen LogP contribution >= 0.6 is 0 Å². The number of rotatable bonds is 15. The van der Waals surface area contributed by atoms with Gasteiger partial charge in [-0.2, -0.15) is 0 Å². The van der Waals surface area contributed by atoms with Gasteiger partial charge in [0.25, 0.3) is 5.92 Å². The Balaban J connectivity index is 1.93. The number of amides is 2. The molecule has 0 aliphatic heterocycles. The van der Waals surface area contributed by atoms with Crippen LogP contribution in [0.1, 0.15) is 62.3 Å². The molecule has 0 radical (unpaired) electrons. The number of aliphatic carboxylic acids is 1. The number of carboxylic acid groups (broad SMARTS) is 1. The summed E-state index contributed by atoms with van der Waals surface area (Å²) < 4.78 is 44.8. The normalized spacial score (nSPS) is 15.9. The number of carbonyl (C=O) groups is 2. The first-order chi connectivity index (χ1) is 19.1. The average molecular weight is 563 g/mol. The fraction of sp³-hybridized carbons (Fsp3) is 0.533. The largest absolute Gasteiger partial charge is 0.493 e. The number of urea groups is 1. The van der Waals surface area contributed by atoms with Crippen LogP contribution in [0.25, 0.3) is 0 Å². The summed E-state index contributed by atoms with van der Waals surface area (Å²) in [5.74, 6) is -3.44. The lowest BCUT2D eigenvalue weighted by molar-refractivity contribution is -0.175. The number of unbranched alkanes of at least 4 members (excludes halogenated alkanes) is 1. The monoisotopic (exact) mass is 562 g/mol. The second-order valence-corrected chi connectivity index (χ2v) is 10.1. The van der Waals surface area contributed by atoms with Crippen molar-refractivity contribution in [3.8, 4) is 11.5 Å². The van der Waals surface area contributed by atoms with E-state index in [0.29, 0.717) is 36.7 Å². The molecule has 8 nitrogen and oxygen atoms in total. The molecule has 1 fully saturated rings. The van der Waals surface area contributed by atoms with Crippen molar-refractivity contribution >= 4 is 12.0 Å². The minimum Gasteiger partial charge on any atom is -0.493 e. The van der Waals surface area contributed by atoms with E-state index in [1.54, 1.807) is 0 Å². The van der Waals surface area contributed by atoms with Crippen LogP contribution in [0.4, 0.5) is 13.6 Å². The Bertz CT molecular complexity index is 1110. The van der Waals surface area contributed by atoms with Gasteiger partial charge in [0.05, 0.1) is 25.9 Å². The van der Waals surface area contributed by atoms with Gasteiger partial charge in [-0.15, -0.1) is 0 Å². The van der Waals surface area contributed by atoms with Gasteiger partial charge in [-0.3, -0.25) is 0 Å². The highest BCUT2D eigenvalue weighted by Gasteiger charge is 2.62. The minimum atomic E-state index is -3.14. The molecule has 2 N–H and O–H groups in total. The molecule has 2 aromatic carbocycles. The number of aryl methyl sites for hydroxylation is 1. The van der Waals surface area contributed by atoms with E-state index in [0.717, 1.165) is 24.0 Å². The van der Waals surface area contributed by atoms with Crippen LogP contribution in [0.3, 0.4) is 0 Å². The topological polar surface area (TPSA) is 97.3 Å². The van der Waals surface area contributed by atoms with Crippen molar-refractivity contribution in [3.63, 3.8) is 0 Å². The van der Waals surface area contributed by atoms with E-state index in [-0.39, 0.29) is 13.2 Å². The predicted molar refractivity (Wildman–Crippen MR) is 147 cm³/mol. The van der Waals surface area contributed by atoms with Crippen LogP contribution in [-0.4, -0.2) is 66.9 Å². The zero-order valence-electron chi connectivity index (χ0n) is 23.7. The van der Waals surface area contributed by atoms with Gasteiger partial charge in [0.2, 0.25) is 0 Å². The first-order valence-corrected chi connectivity index (χ1v) is 13.7. The summed E-state index contributed by atoms with van der Waals surface area (Å²) in [5.41, 5.74) is 0.611. The molecule has 2 aromatic rings. The molecule has 40 heavy (non-hydrogen) atoms. The number of hydrogen-bond donors (Lipinski definition) is 2. The number of carbonyl (C=O) groups excluding carboxylic acids is 1. The Labute approximate surface area is 234 Å². The van der Waals surface area contributed by atoms with E-state index in [9.17, 15) is 23.5 Å². The summed E-state index contributed by atoms with van der Waals surface area (Å²) in [4.78, 5) is 27.2. The van der Waals surface area contributed by atoms with Gasteiger partial charge in [-0.25, -0.2) is 18.4 Å². The van der Waals surface area contributed by atoms with Gasteiger partial charge in [-0.05, 0) is 63.3 Å². The van der Waals surface area contributed by atoms with Gasteiger partial charge < -0.3 is 29.5 Å². The highest BCUT2D eigenvalue weighted by atomic mass is 19.3. The maximum absolute atomic E-state index is 13.8. The lowest BCUT2D eigenvalue weighted by Crippen LogP contribution is -2.68.